The minimum absolute atomic E-state index is 0.103. The van der Waals surface area contributed by atoms with Crippen molar-refractivity contribution in [2.75, 3.05) is 12.9 Å². The molecule has 0 aliphatic carbocycles. The number of carbonyl (C=O) groups is 2. The molecular formula is C22H23N3O4S. The topological polar surface area (TPSA) is 104 Å². The second-order valence-corrected chi connectivity index (χ2v) is 7.64. The highest BCUT2D eigenvalue weighted by Crippen LogP contribution is 2.21. The molecule has 1 aromatic heterocycles. The van der Waals surface area contributed by atoms with Crippen LogP contribution in [0.2, 0.25) is 0 Å². The molecule has 7 nitrogen and oxygen atoms in total. The highest BCUT2D eigenvalue weighted by atomic mass is 32.2. The first-order valence-electron chi connectivity index (χ1n) is 9.34. The number of H-pyrrole nitrogens is 1. The Kier molecular flexibility index (Phi) is 7.13. The summed E-state index contributed by atoms with van der Waals surface area (Å²) < 4.78 is 4.82. The average Bonchev–Trinajstić information content (AvgIpc) is 3.11. The van der Waals surface area contributed by atoms with E-state index in [9.17, 15) is 14.7 Å². The van der Waals surface area contributed by atoms with Crippen LogP contribution in [0.3, 0.4) is 0 Å². The van der Waals surface area contributed by atoms with Crippen molar-refractivity contribution >= 4 is 23.6 Å². The smallest absolute Gasteiger partial charge is 0.333 e. The van der Waals surface area contributed by atoms with Crippen molar-refractivity contribution in [3.05, 3.63) is 77.1 Å². The van der Waals surface area contributed by atoms with Crippen molar-refractivity contribution in [1.29, 1.82) is 0 Å². The van der Waals surface area contributed by atoms with Crippen LogP contribution in [0.25, 0.3) is 0 Å². The average molecular weight is 426 g/mol. The summed E-state index contributed by atoms with van der Waals surface area (Å²) in [4.78, 5) is 32.3. The van der Waals surface area contributed by atoms with E-state index in [0.29, 0.717) is 17.1 Å². The van der Waals surface area contributed by atoms with E-state index in [-0.39, 0.29) is 17.4 Å². The Labute approximate surface area is 178 Å². The number of amides is 1. The number of aromatic hydroxyl groups is 1. The summed E-state index contributed by atoms with van der Waals surface area (Å²) in [6.45, 7) is 1.93. The third-order valence-electron chi connectivity index (χ3n) is 4.49. The molecule has 3 rings (SSSR count). The van der Waals surface area contributed by atoms with E-state index in [1.54, 1.807) is 36.4 Å². The zero-order valence-corrected chi connectivity index (χ0v) is 17.5. The number of ether oxygens (including phenoxy) is 1. The minimum Gasteiger partial charge on any atom is -0.508 e. The molecule has 30 heavy (non-hydrogen) atoms. The van der Waals surface area contributed by atoms with Crippen LogP contribution in [0.1, 0.15) is 28.6 Å². The van der Waals surface area contributed by atoms with Gasteiger partial charge in [0, 0.05) is 12.1 Å². The van der Waals surface area contributed by atoms with Crippen LogP contribution < -0.4 is 5.32 Å². The van der Waals surface area contributed by atoms with Gasteiger partial charge < -0.3 is 20.1 Å². The van der Waals surface area contributed by atoms with Gasteiger partial charge in [-0.1, -0.05) is 54.2 Å². The van der Waals surface area contributed by atoms with E-state index in [2.05, 4.69) is 15.3 Å². The number of carbonyl (C=O) groups excluding carboxylic acids is 2. The number of nitrogens with one attached hydrogen (secondary N) is 2. The molecule has 0 aliphatic rings. The third-order valence-corrected chi connectivity index (χ3v) is 5.36. The van der Waals surface area contributed by atoms with E-state index < -0.39 is 12.0 Å². The van der Waals surface area contributed by atoms with Crippen LogP contribution >= 0.6 is 11.8 Å². The SMILES string of the molecule is COC(=O)[C@H](NC(=O)CSc1nc(Cc2ccc(O)cc2)c(C)[nH]1)c1ccccc1. The summed E-state index contributed by atoms with van der Waals surface area (Å²) in [5.41, 5.74) is 3.48. The summed E-state index contributed by atoms with van der Waals surface area (Å²) in [5, 5.41) is 12.7. The molecule has 156 valence electrons. The van der Waals surface area contributed by atoms with Crippen molar-refractivity contribution < 1.29 is 19.4 Å². The number of thioether (sulfide) groups is 1. The highest BCUT2D eigenvalue weighted by Gasteiger charge is 2.23. The van der Waals surface area contributed by atoms with Gasteiger partial charge in [0.25, 0.3) is 0 Å². The van der Waals surface area contributed by atoms with E-state index >= 15 is 0 Å². The standard InChI is InChI=1S/C22H23N3O4S/c1-14-18(12-15-8-10-17(26)11-9-15)24-22(23-14)30-13-19(27)25-20(21(28)29-2)16-6-4-3-5-7-16/h3-11,20,26H,12-13H2,1-2H3,(H,23,24)(H,25,27)/t20-/m1/s1. The van der Waals surface area contributed by atoms with Crippen molar-refractivity contribution in [1.82, 2.24) is 15.3 Å². The number of aromatic amines is 1. The van der Waals surface area contributed by atoms with Gasteiger partial charge in [-0.05, 0) is 30.2 Å². The lowest BCUT2D eigenvalue weighted by atomic mass is 10.1. The minimum atomic E-state index is -0.854. The van der Waals surface area contributed by atoms with Gasteiger partial charge >= 0.3 is 5.97 Å². The fraction of sp³-hybridized carbons (Fsp3) is 0.227. The first-order chi connectivity index (χ1) is 14.5. The van der Waals surface area contributed by atoms with Crippen LogP contribution in [-0.4, -0.2) is 39.8 Å². The second kappa shape index (κ2) is 9.98. The molecule has 0 aliphatic heterocycles. The van der Waals surface area contributed by atoms with E-state index in [1.165, 1.54) is 18.9 Å². The quantitative estimate of drug-likeness (QED) is 0.378. The number of methoxy groups -OCH3 is 1. The highest BCUT2D eigenvalue weighted by molar-refractivity contribution is 7.99. The first-order valence-corrected chi connectivity index (χ1v) is 10.3. The van der Waals surface area contributed by atoms with Crippen molar-refractivity contribution in [3.8, 4) is 5.75 Å². The number of imidazole rings is 1. The van der Waals surface area contributed by atoms with Gasteiger partial charge in [0.05, 0.1) is 18.6 Å². The number of hydrogen-bond donors (Lipinski definition) is 3. The molecule has 0 saturated carbocycles. The zero-order valence-electron chi connectivity index (χ0n) is 16.7. The van der Waals surface area contributed by atoms with Gasteiger partial charge in [-0.25, -0.2) is 9.78 Å². The normalized spacial score (nSPS) is 11.7. The van der Waals surface area contributed by atoms with Gasteiger partial charge in [-0.15, -0.1) is 0 Å². The zero-order chi connectivity index (χ0) is 21.5. The number of nitrogens with zero attached hydrogens (tertiary/aromatic N) is 1. The Bertz CT molecular complexity index is 1000. The molecule has 3 N–H and O–H groups in total. The predicted molar refractivity (Wildman–Crippen MR) is 114 cm³/mol. The molecule has 0 fully saturated rings. The molecule has 0 bridgehead atoms. The van der Waals surface area contributed by atoms with Gasteiger partial charge in [0.2, 0.25) is 5.91 Å². The monoisotopic (exact) mass is 425 g/mol. The van der Waals surface area contributed by atoms with Crippen molar-refractivity contribution in [2.45, 2.75) is 24.5 Å². The molecule has 0 radical (unpaired) electrons. The molecule has 2 aromatic carbocycles. The summed E-state index contributed by atoms with van der Waals surface area (Å²) in [5.74, 6) is -0.496. The summed E-state index contributed by atoms with van der Waals surface area (Å²) >= 11 is 1.26. The van der Waals surface area contributed by atoms with Crippen LogP contribution in [0, 0.1) is 6.92 Å². The molecule has 1 amide bonds. The van der Waals surface area contributed by atoms with Gasteiger partial charge in [-0.3, -0.25) is 4.79 Å². The number of rotatable bonds is 8. The molecule has 1 atom stereocenters. The molecule has 0 saturated heterocycles. The summed E-state index contributed by atoms with van der Waals surface area (Å²) in [6, 6.07) is 15.1. The first kappa shape index (κ1) is 21.4. The summed E-state index contributed by atoms with van der Waals surface area (Å²) in [7, 11) is 1.29. The molecule has 1 heterocycles. The fourth-order valence-electron chi connectivity index (χ4n) is 2.89. The maximum absolute atomic E-state index is 12.4. The number of aryl methyl sites for hydroxylation is 1. The van der Waals surface area contributed by atoms with E-state index in [1.807, 2.05) is 25.1 Å². The Balaban J connectivity index is 1.60. The predicted octanol–water partition coefficient (Wildman–Crippen LogP) is 3.14. The van der Waals surface area contributed by atoms with Crippen LogP contribution in [0.4, 0.5) is 0 Å². The largest absolute Gasteiger partial charge is 0.508 e. The van der Waals surface area contributed by atoms with E-state index in [4.69, 9.17) is 4.74 Å². The number of hydrogen-bond acceptors (Lipinski definition) is 6. The molecular weight excluding hydrogens is 402 g/mol. The number of esters is 1. The number of phenolic OH excluding ortho intramolecular Hbond substituents is 1. The van der Waals surface area contributed by atoms with Gasteiger partial charge in [-0.2, -0.15) is 0 Å². The van der Waals surface area contributed by atoms with Crippen LogP contribution in [0.15, 0.2) is 59.8 Å². The number of phenols is 1. The van der Waals surface area contributed by atoms with Crippen molar-refractivity contribution in [2.24, 2.45) is 0 Å². The fourth-order valence-corrected chi connectivity index (χ4v) is 3.64. The third kappa shape index (κ3) is 5.64. The Hall–Kier alpha value is -3.26. The Morgan fingerprint density at radius 2 is 1.87 bits per heavy atom. The Morgan fingerprint density at radius 1 is 1.17 bits per heavy atom. The lowest BCUT2D eigenvalue weighted by molar-refractivity contribution is -0.145. The second-order valence-electron chi connectivity index (χ2n) is 6.68. The van der Waals surface area contributed by atoms with Gasteiger partial charge in [0.1, 0.15) is 5.75 Å². The molecule has 0 spiro atoms. The maximum Gasteiger partial charge on any atom is 0.333 e. The lowest BCUT2D eigenvalue weighted by Crippen LogP contribution is -2.35. The van der Waals surface area contributed by atoms with Gasteiger partial charge in [0.15, 0.2) is 11.2 Å². The molecule has 3 aromatic rings. The lowest BCUT2D eigenvalue weighted by Gasteiger charge is -2.16. The van der Waals surface area contributed by atoms with Crippen molar-refractivity contribution in [3.63, 3.8) is 0 Å². The van der Waals surface area contributed by atoms with Crippen LogP contribution in [-0.2, 0) is 20.7 Å². The maximum atomic E-state index is 12.4. The summed E-state index contributed by atoms with van der Waals surface area (Å²) in [6.07, 6.45) is 0.619. The number of benzene rings is 2. The number of aromatic nitrogens is 2. The van der Waals surface area contributed by atoms with Crippen LogP contribution in [0.5, 0.6) is 5.75 Å². The Morgan fingerprint density at radius 3 is 2.53 bits per heavy atom. The van der Waals surface area contributed by atoms with E-state index in [0.717, 1.165) is 17.0 Å². The molecule has 8 heteroatoms. The molecule has 0 unspecified atom stereocenters.